The highest BCUT2D eigenvalue weighted by Crippen LogP contribution is 2.33. The van der Waals surface area contributed by atoms with E-state index in [2.05, 4.69) is 32.2 Å². The summed E-state index contributed by atoms with van der Waals surface area (Å²) < 4.78 is 1.90. The highest BCUT2D eigenvalue weighted by molar-refractivity contribution is 5.64. The van der Waals surface area contributed by atoms with Gasteiger partial charge in [-0.1, -0.05) is 12.1 Å². The van der Waals surface area contributed by atoms with Gasteiger partial charge in [0.1, 0.15) is 6.33 Å². The molecule has 1 aromatic carbocycles. The van der Waals surface area contributed by atoms with E-state index in [1.165, 1.54) is 18.4 Å². The third-order valence-electron chi connectivity index (χ3n) is 3.79. The molecule has 1 fully saturated rings. The van der Waals surface area contributed by atoms with E-state index in [1.807, 2.05) is 22.7 Å². The number of nitrogen functional groups attached to an aromatic ring is 1. The van der Waals surface area contributed by atoms with Gasteiger partial charge < -0.3 is 10.6 Å². The zero-order valence-corrected chi connectivity index (χ0v) is 11.6. The van der Waals surface area contributed by atoms with Crippen LogP contribution in [0.5, 0.6) is 0 Å². The molecule has 1 aliphatic rings. The van der Waals surface area contributed by atoms with Gasteiger partial charge in [-0.15, -0.1) is 10.2 Å². The number of nitrogens with two attached hydrogens (primary N) is 1. The maximum atomic E-state index is 5.75. The Morgan fingerprint density at radius 3 is 2.81 bits per heavy atom. The molecule has 0 spiro atoms. The predicted molar refractivity (Wildman–Crippen MR) is 80.8 cm³/mol. The SMILES string of the molecule is Nc1ccc(CN(c2nccn3cnnc23)C2CC2)cc1. The Morgan fingerprint density at radius 2 is 2.05 bits per heavy atom. The van der Waals surface area contributed by atoms with Crippen molar-refractivity contribution in [2.45, 2.75) is 25.4 Å². The molecule has 1 saturated carbocycles. The predicted octanol–water partition coefficient (Wildman–Crippen LogP) is 1.88. The van der Waals surface area contributed by atoms with Gasteiger partial charge >= 0.3 is 0 Å². The van der Waals surface area contributed by atoms with Crippen LogP contribution in [0.1, 0.15) is 18.4 Å². The largest absolute Gasteiger partial charge is 0.399 e. The molecule has 1 aliphatic carbocycles. The van der Waals surface area contributed by atoms with Gasteiger partial charge in [-0.3, -0.25) is 4.40 Å². The Morgan fingerprint density at radius 1 is 1.24 bits per heavy atom. The maximum Gasteiger partial charge on any atom is 0.203 e. The zero-order chi connectivity index (χ0) is 14.2. The third kappa shape index (κ3) is 2.29. The molecule has 0 bridgehead atoms. The number of hydrogen-bond acceptors (Lipinski definition) is 5. The number of benzene rings is 1. The Balaban J connectivity index is 1.71. The van der Waals surface area contributed by atoms with Crippen molar-refractivity contribution in [1.29, 1.82) is 0 Å². The van der Waals surface area contributed by atoms with Crippen molar-refractivity contribution < 1.29 is 0 Å². The first-order valence-corrected chi connectivity index (χ1v) is 7.07. The molecule has 106 valence electrons. The summed E-state index contributed by atoms with van der Waals surface area (Å²) in [5.74, 6) is 0.898. The topological polar surface area (TPSA) is 72.3 Å². The molecule has 2 heterocycles. The summed E-state index contributed by atoms with van der Waals surface area (Å²) in [6.45, 7) is 0.810. The second-order valence-electron chi connectivity index (χ2n) is 5.41. The molecule has 0 unspecified atom stereocenters. The van der Waals surface area contributed by atoms with Crippen molar-refractivity contribution in [3.63, 3.8) is 0 Å². The number of fused-ring (bicyclic) bond motifs is 1. The minimum absolute atomic E-state index is 0.540. The van der Waals surface area contributed by atoms with Gasteiger partial charge in [-0.25, -0.2) is 4.98 Å². The average molecular weight is 280 g/mol. The van der Waals surface area contributed by atoms with E-state index < -0.39 is 0 Å². The van der Waals surface area contributed by atoms with Crippen molar-refractivity contribution in [1.82, 2.24) is 19.6 Å². The molecule has 0 aliphatic heterocycles. The molecule has 21 heavy (non-hydrogen) atoms. The first-order valence-electron chi connectivity index (χ1n) is 7.07. The summed E-state index contributed by atoms with van der Waals surface area (Å²) in [4.78, 5) is 6.85. The van der Waals surface area contributed by atoms with Crippen molar-refractivity contribution >= 4 is 17.2 Å². The maximum absolute atomic E-state index is 5.75. The molecular weight excluding hydrogens is 264 g/mol. The zero-order valence-electron chi connectivity index (χ0n) is 11.6. The molecule has 2 N–H and O–H groups in total. The van der Waals surface area contributed by atoms with Gasteiger partial charge in [-0.2, -0.15) is 0 Å². The molecule has 0 atom stereocenters. The van der Waals surface area contributed by atoms with Crippen LogP contribution < -0.4 is 10.6 Å². The van der Waals surface area contributed by atoms with Crippen LogP contribution in [0.3, 0.4) is 0 Å². The lowest BCUT2D eigenvalue weighted by atomic mass is 10.2. The van der Waals surface area contributed by atoms with Crippen molar-refractivity contribution in [2.75, 3.05) is 10.6 Å². The van der Waals surface area contributed by atoms with Gasteiger partial charge in [0, 0.05) is 30.7 Å². The van der Waals surface area contributed by atoms with Crippen molar-refractivity contribution in [3.8, 4) is 0 Å². The van der Waals surface area contributed by atoms with E-state index in [9.17, 15) is 0 Å². The lowest BCUT2D eigenvalue weighted by Gasteiger charge is -2.23. The van der Waals surface area contributed by atoms with Crippen LogP contribution >= 0.6 is 0 Å². The summed E-state index contributed by atoms with van der Waals surface area (Å²) >= 11 is 0. The van der Waals surface area contributed by atoms with E-state index in [1.54, 1.807) is 12.5 Å². The Labute approximate surface area is 122 Å². The van der Waals surface area contributed by atoms with E-state index >= 15 is 0 Å². The number of hydrogen-bond donors (Lipinski definition) is 1. The smallest absolute Gasteiger partial charge is 0.203 e. The van der Waals surface area contributed by atoms with Crippen LogP contribution in [0, 0.1) is 0 Å². The molecule has 0 radical (unpaired) electrons. The highest BCUT2D eigenvalue weighted by atomic mass is 15.3. The molecule has 0 saturated heterocycles. The number of aromatic nitrogens is 4. The Hall–Kier alpha value is -2.63. The molecule has 2 aromatic heterocycles. The fourth-order valence-corrected chi connectivity index (χ4v) is 2.53. The fourth-order valence-electron chi connectivity index (χ4n) is 2.53. The minimum Gasteiger partial charge on any atom is -0.399 e. The van der Waals surface area contributed by atoms with E-state index in [0.717, 1.165) is 23.7 Å². The standard InChI is InChI=1S/C15H16N6/c16-12-3-1-11(2-4-12)9-21(13-5-6-13)14-15-19-18-10-20(15)8-7-17-14/h1-4,7-8,10,13H,5-6,9,16H2. The second-order valence-corrected chi connectivity index (χ2v) is 5.41. The summed E-state index contributed by atoms with van der Waals surface area (Å²) in [5, 5.41) is 8.17. The number of rotatable bonds is 4. The molecule has 6 nitrogen and oxygen atoms in total. The molecule has 3 aromatic rings. The summed E-state index contributed by atoms with van der Waals surface area (Å²) in [7, 11) is 0. The van der Waals surface area contributed by atoms with E-state index in [4.69, 9.17) is 5.73 Å². The first kappa shape index (κ1) is 12.1. The number of anilines is 2. The lowest BCUT2D eigenvalue weighted by Crippen LogP contribution is -2.26. The molecule has 4 rings (SSSR count). The summed E-state index contributed by atoms with van der Waals surface area (Å²) in [6.07, 6.45) is 7.77. The van der Waals surface area contributed by atoms with Gasteiger partial charge in [0.2, 0.25) is 5.65 Å². The van der Waals surface area contributed by atoms with Gasteiger partial charge in [-0.05, 0) is 30.5 Å². The molecule has 6 heteroatoms. The second kappa shape index (κ2) is 4.73. The molecule has 0 amide bonds. The van der Waals surface area contributed by atoms with Gasteiger partial charge in [0.15, 0.2) is 5.82 Å². The quantitative estimate of drug-likeness (QED) is 0.739. The summed E-state index contributed by atoms with van der Waals surface area (Å²) in [5.41, 5.74) is 8.57. The van der Waals surface area contributed by atoms with Crippen molar-refractivity contribution in [3.05, 3.63) is 48.5 Å². The Kier molecular flexibility index (Phi) is 2.73. The first-order chi connectivity index (χ1) is 10.3. The van der Waals surface area contributed by atoms with Crippen LogP contribution in [0.2, 0.25) is 0 Å². The normalized spacial score (nSPS) is 14.5. The van der Waals surface area contributed by atoms with E-state index in [0.29, 0.717) is 6.04 Å². The minimum atomic E-state index is 0.540. The molecular formula is C15H16N6. The van der Waals surface area contributed by atoms with E-state index in [-0.39, 0.29) is 0 Å². The monoisotopic (exact) mass is 280 g/mol. The van der Waals surface area contributed by atoms with Crippen LogP contribution in [0.15, 0.2) is 43.0 Å². The summed E-state index contributed by atoms with van der Waals surface area (Å²) in [6, 6.07) is 8.54. The van der Waals surface area contributed by atoms with Gasteiger partial charge in [0.25, 0.3) is 0 Å². The highest BCUT2D eigenvalue weighted by Gasteiger charge is 2.31. The van der Waals surface area contributed by atoms with Crippen LogP contribution in [-0.4, -0.2) is 25.6 Å². The Bertz CT molecular complexity index is 759. The van der Waals surface area contributed by atoms with Crippen molar-refractivity contribution in [2.24, 2.45) is 0 Å². The van der Waals surface area contributed by atoms with Crippen LogP contribution in [0.4, 0.5) is 11.5 Å². The van der Waals surface area contributed by atoms with Gasteiger partial charge in [0.05, 0.1) is 0 Å². The fraction of sp³-hybridized carbons (Fsp3) is 0.267. The average Bonchev–Trinajstić information content (AvgIpc) is 3.23. The number of nitrogens with zero attached hydrogens (tertiary/aromatic N) is 5. The lowest BCUT2D eigenvalue weighted by molar-refractivity contribution is 0.777. The third-order valence-corrected chi connectivity index (χ3v) is 3.79. The van der Waals surface area contributed by atoms with Crippen LogP contribution in [0.25, 0.3) is 5.65 Å². The van der Waals surface area contributed by atoms with Crippen LogP contribution in [-0.2, 0) is 6.54 Å².